The minimum Gasteiger partial charge on any atom is -0.0842 e. The van der Waals surface area contributed by atoms with Crippen LogP contribution in [0.3, 0.4) is 0 Å². The molecule has 0 heteroatoms. The molecule has 0 aliphatic heterocycles. The summed E-state index contributed by atoms with van der Waals surface area (Å²) in [5.41, 5.74) is 3.52. The van der Waals surface area contributed by atoms with Crippen molar-refractivity contribution >= 4 is 0 Å². The summed E-state index contributed by atoms with van der Waals surface area (Å²) in [5.74, 6) is 0. The standard InChI is InChI=1S/C19H22/c1-3-9-17(10-4-1)12-13-18-11-5-8-16-19(18)14-6-2-7-15-19/h1-3,5-9,11,14H,4,10,12-13,15-16H2. The van der Waals surface area contributed by atoms with Crippen LogP contribution in [-0.2, 0) is 0 Å². The van der Waals surface area contributed by atoms with E-state index in [2.05, 4.69) is 60.8 Å². The summed E-state index contributed by atoms with van der Waals surface area (Å²) >= 11 is 0. The van der Waals surface area contributed by atoms with Crippen molar-refractivity contribution in [2.45, 2.75) is 38.5 Å². The lowest BCUT2D eigenvalue weighted by Gasteiger charge is -2.35. The Morgan fingerprint density at radius 2 is 1.68 bits per heavy atom. The van der Waals surface area contributed by atoms with Crippen LogP contribution >= 0.6 is 0 Å². The second-order valence-corrected chi connectivity index (χ2v) is 5.76. The molecule has 1 atom stereocenters. The highest BCUT2D eigenvalue weighted by Crippen LogP contribution is 2.44. The molecule has 0 amide bonds. The minimum atomic E-state index is 0.286. The topological polar surface area (TPSA) is 0 Å². The van der Waals surface area contributed by atoms with E-state index in [1.54, 1.807) is 11.1 Å². The van der Waals surface area contributed by atoms with Gasteiger partial charge in [-0.1, -0.05) is 71.9 Å². The predicted octanol–water partition coefficient (Wildman–Crippen LogP) is 5.43. The Morgan fingerprint density at radius 1 is 0.842 bits per heavy atom. The largest absolute Gasteiger partial charge is 0.0842 e. The van der Waals surface area contributed by atoms with Crippen LogP contribution in [0, 0.1) is 5.41 Å². The van der Waals surface area contributed by atoms with Crippen molar-refractivity contribution in [1.29, 1.82) is 0 Å². The fourth-order valence-electron chi connectivity index (χ4n) is 3.30. The molecule has 3 rings (SSSR count). The molecule has 0 heterocycles. The molecule has 0 nitrogen and oxygen atoms in total. The van der Waals surface area contributed by atoms with Crippen LogP contribution in [-0.4, -0.2) is 0 Å². The molecule has 0 fully saturated rings. The van der Waals surface area contributed by atoms with E-state index >= 15 is 0 Å². The molecule has 0 saturated heterocycles. The van der Waals surface area contributed by atoms with Crippen molar-refractivity contribution in [3.63, 3.8) is 0 Å². The molecule has 0 aromatic rings. The summed E-state index contributed by atoms with van der Waals surface area (Å²) in [6.45, 7) is 0. The van der Waals surface area contributed by atoms with E-state index in [1.165, 1.54) is 38.5 Å². The molecule has 0 radical (unpaired) electrons. The van der Waals surface area contributed by atoms with Gasteiger partial charge in [0.05, 0.1) is 0 Å². The van der Waals surface area contributed by atoms with Gasteiger partial charge in [-0.2, -0.15) is 0 Å². The van der Waals surface area contributed by atoms with Crippen LogP contribution in [0.1, 0.15) is 38.5 Å². The number of hydrogen-bond acceptors (Lipinski definition) is 0. The highest BCUT2D eigenvalue weighted by atomic mass is 14.3. The first-order chi connectivity index (χ1) is 9.39. The van der Waals surface area contributed by atoms with Crippen LogP contribution in [0.5, 0.6) is 0 Å². The summed E-state index contributed by atoms with van der Waals surface area (Å²) < 4.78 is 0. The molecular formula is C19H22. The van der Waals surface area contributed by atoms with Gasteiger partial charge < -0.3 is 0 Å². The third-order valence-electron chi connectivity index (χ3n) is 4.52. The van der Waals surface area contributed by atoms with Gasteiger partial charge >= 0.3 is 0 Å². The Hall–Kier alpha value is -1.56. The molecule has 0 saturated carbocycles. The van der Waals surface area contributed by atoms with Gasteiger partial charge in [0, 0.05) is 5.41 Å². The molecule has 3 aliphatic rings. The van der Waals surface area contributed by atoms with Crippen LogP contribution in [0.25, 0.3) is 0 Å². The summed E-state index contributed by atoms with van der Waals surface area (Å²) in [7, 11) is 0. The van der Waals surface area contributed by atoms with Crippen molar-refractivity contribution in [3.8, 4) is 0 Å². The van der Waals surface area contributed by atoms with Crippen molar-refractivity contribution in [3.05, 3.63) is 71.9 Å². The Labute approximate surface area is 116 Å². The van der Waals surface area contributed by atoms with Gasteiger partial charge in [0.25, 0.3) is 0 Å². The van der Waals surface area contributed by atoms with E-state index in [1.807, 2.05) is 0 Å². The van der Waals surface area contributed by atoms with Crippen LogP contribution in [0.4, 0.5) is 0 Å². The van der Waals surface area contributed by atoms with E-state index in [0.29, 0.717) is 0 Å². The van der Waals surface area contributed by atoms with E-state index in [4.69, 9.17) is 0 Å². The van der Waals surface area contributed by atoms with Gasteiger partial charge in [0.1, 0.15) is 0 Å². The molecule has 0 aromatic carbocycles. The maximum Gasteiger partial charge on any atom is 0.0166 e. The van der Waals surface area contributed by atoms with Gasteiger partial charge in [0.2, 0.25) is 0 Å². The number of rotatable bonds is 3. The van der Waals surface area contributed by atoms with Gasteiger partial charge in [-0.05, 0) is 38.5 Å². The monoisotopic (exact) mass is 250 g/mol. The van der Waals surface area contributed by atoms with Crippen LogP contribution in [0.15, 0.2) is 71.9 Å². The van der Waals surface area contributed by atoms with Crippen molar-refractivity contribution in [2.75, 3.05) is 0 Å². The van der Waals surface area contributed by atoms with Crippen LogP contribution < -0.4 is 0 Å². The van der Waals surface area contributed by atoms with Gasteiger partial charge in [0.15, 0.2) is 0 Å². The molecule has 19 heavy (non-hydrogen) atoms. The molecule has 0 aromatic heterocycles. The average Bonchev–Trinajstić information content (AvgIpc) is 2.48. The molecule has 3 aliphatic carbocycles. The second-order valence-electron chi connectivity index (χ2n) is 5.76. The molecule has 1 spiro atoms. The molecular weight excluding hydrogens is 228 g/mol. The van der Waals surface area contributed by atoms with Crippen molar-refractivity contribution in [1.82, 2.24) is 0 Å². The Kier molecular flexibility index (Phi) is 3.68. The SMILES string of the molecule is C1=CCCC(CCC2=CC=CCC23C=CC=CC3)=C1. The number of hydrogen-bond donors (Lipinski definition) is 0. The quantitative estimate of drug-likeness (QED) is 0.626. The summed E-state index contributed by atoms with van der Waals surface area (Å²) in [6, 6.07) is 0. The fourth-order valence-corrected chi connectivity index (χ4v) is 3.30. The second kappa shape index (κ2) is 5.61. The zero-order valence-corrected chi connectivity index (χ0v) is 11.5. The zero-order chi connectivity index (χ0) is 13.0. The number of allylic oxidation sites excluding steroid dienone is 12. The Balaban J connectivity index is 1.71. The molecule has 0 bridgehead atoms. The fraction of sp³-hybridized carbons (Fsp3) is 0.368. The lowest BCUT2D eigenvalue weighted by molar-refractivity contribution is 0.445. The van der Waals surface area contributed by atoms with Gasteiger partial charge in [-0.25, -0.2) is 0 Å². The van der Waals surface area contributed by atoms with Crippen molar-refractivity contribution < 1.29 is 0 Å². The van der Waals surface area contributed by atoms with E-state index in [0.717, 1.165) is 0 Å². The predicted molar refractivity (Wildman–Crippen MR) is 82.9 cm³/mol. The highest BCUT2D eigenvalue weighted by Gasteiger charge is 2.31. The van der Waals surface area contributed by atoms with Gasteiger partial charge in [-0.3, -0.25) is 0 Å². The van der Waals surface area contributed by atoms with Gasteiger partial charge in [-0.15, -0.1) is 0 Å². The van der Waals surface area contributed by atoms with E-state index < -0.39 is 0 Å². The summed E-state index contributed by atoms with van der Waals surface area (Å²) in [6.07, 6.45) is 30.1. The average molecular weight is 250 g/mol. The normalized spacial score (nSPS) is 28.6. The zero-order valence-electron chi connectivity index (χ0n) is 11.5. The lowest BCUT2D eigenvalue weighted by Crippen LogP contribution is -2.22. The highest BCUT2D eigenvalue weighted by molar-refractivity contribution is 5.36. The smallest absolute Gasteiger partial charge is 0.0166 e. The third-order valence-corrected chi connectivity index (χ3v) is 4.52. The van der Waals surface area contributed by atoms with Crippen molar-refractivity contribution in [2.24, 2.45) is 5.41 Å². The Bertz CT molecular complexity index is 504. The lowest BCUT2D eigenvalue weighted by atomic mass is 9.69. The molecule has 98 valence electrons. The first-order valence-corrected chi connectivity index (χ1v) is 7.44. The summed E-state index contributed by atoms with van der Waals surface area (Å²) in [4.78, 5) is 0. The first-order valence-electron chi connectivity index (χ1n) is 7.44. The van der Waals surface area contributed by atoms with Crippen LogP contribution in [0.2, 0.25) is 0 Å². The van der Waals surface area contributed by atoms with E-state index in [9.17, 15) is 0 Å². The third kappa shape index (κ3) is 2.73. The molecule has 0 N–H and O–H groups in total. The van der Waals surface area contributed by atoms with E-state index in [-0.39, 0.29) is 5.41 Å². The Morgan fingerprint density at radius 3 is 2.47 bits per heavy atom. The summed E-state index contributed by atoms with van der Waals surface area (Å²) in [5, 5.41) is 0. The minimum absolute atomic E-state index is 0.286. The maximum absolute atomic E-state index is 2.41. The maximum atomic E-state index is 2.41. The first kappa shape index (κ1) is 12.5. The molecule has 1 unspecified atom stereocenters.